The number of alkyl halides is 1. The fraction of sp³-hybridized carbons (Fsp3) is 0.679. The number of hydrogen-bond acceptors (Lipinski definition) is 5. The van der Waals surface area contributed by atoms with E-state index in [9.17, 15) is 14.4 Å². The average molecular weight is 593 g/mol. The van der Waals surface area contributed by atoms with Gasteiger partial charge in [-0.3, -0.25) is 14.4 Å². The van der Waals surface area contributed by atoms with Crippen LogP contribution in [-0.2, 0) is 14.4 Å². The zero-order valence-electron chi connectivity index (χ0n) is 21.2. The number of aliphatic hydroxyl groups is 1. The van der Waals surface area contributed by atoms with Crippen LogP contribution in [-0.4, -0.2) is 67.8 Å². The van der Waals surface area contributed by atoms with E-state index in [0.29, 0.717) is 13.0 Å². The molecule has 4 fully saturated rings. The number of benzene rings is 1. The molecule has 3 N–H and O–H groups in total. The summed E-state index contributed by atoms with van der Waals surface area (Å²) in [4.78, 5) is 43.5. The van der Waals surface area contributed by atoms with Crippen LogP contribution >= 0.6 is 27.7 Å². The van der Waals surface area contributed by atoms with Crippen molar-refractivity contribution in [2.45, 2.75) is 91.1 Å². The summed E-state index contributed by atoms with van der Waals surface area (Å²) >= 11 is 5.52. The molecule has 3 amide bonds. The van der Waals surface area contributed by atoms with Crippen LogP contribution in [0.25, 0.3) is 0 Å². The summed E-state index contributed by atoms with van der Waals surface area (Å²) in [6, 6.07) is 8.98. The average Bonchev–Trinajstić information content (AvgIpc) is 3.48. The number of rotatable bonds is 10. The summed E-state index contributed by atoms with van der Waals surface area (Å²) in [6.45, 7) is 0.680. The molecule has 0 radical (unpaired) electrons. The number of nitrogens with zero attached hydrogens (tertiary/aromatic N) is 1. The molecule has 3 saturated heterocycles. The molecule has 2 bridgehead atoms. The summed E-state index contributed by atoms with van der Waals surface area (Å²) in [5.41, 5.74) is 0.721. The van der Waals surface area contributed by atoms with E-state index in [1.165, 1.54) is 6.42 Å². The van der Waals surface area contributed by atoms with Crippen molar-refractivity contribution in [2.24, 2.45) is 11.8 Å². The molecule has 1 spiro atoms. The molecule has 3 aliphatic heterocycles. The van der Waals surface area contributed by atoms with Crippen molar-refractivity contribution in [3.05, 3.63) is 30.3 Å². The molecular formula is C28H38BrN3O4S. The van der Waals surface area contributed by atoms with Gasteiger partial charge in [0, 0.05) is 35.0 Å². The van der Waals surface area contributed by atoms with Crippen LogP contribution in [0.5, 0.6) is 0 Å². The predicted octanol–water partition coefficient (Wildman–Crippen LogP) is 4.09. The lowest BCUT2D eigenvalue weighted by molar-refractivity contribution is -0.139. The number of thioether (sulfide) groups is 1. The highest BCUT2D eigenvalue weighted by Crippen LogP contribution is 2.67. The van der Waals surface area contributed by atoms with E-state index in [-0.39, 0.29) is 40.4 Å². The second-order valence-electron chi connectivity index (χ2n) is 11.0. The highest BCUT2D eigenvalue weighted by atomic mass is 79.9. The highest BCUT2D eigenvalue weighted by Gasteiger charge is 2.75. The van der Waals surface area contributed by atoms with Gasteiger partial charge in [-0.05, 0) is 44.2 Å². The second-order valence-corrected chi connectivity index (χ2v) is 13.7. The van der Waals surface area contributed by atoms with Crippen molar-refractivity contribution >= 4 is 51.1 Å². The van der Waals surface area contributed by atoms with Crippen LogP contribution in [0.3, 0.4) is 0 Å². The fourth-order valence-electron chi connectivity index (χ4n) is 6.99. The maximum absolute atomic E-state index is 14.1. The predicted molar refractivity (Wildman–Crippen MR) is 150 cm³/mol. The van der Waals surface area contributed by atoms with E-state index in [1.807, 2.05) is 30.3 Å². The van der Waals surface area contributed by atoms with Gasteiger partial charge in [-0.15, -0.1) is 11.8 Å². The Morgan fingerprint density at radius 2 is 1.78 bits per heavy atom. The number of aliphatic hydroxyl groups excluding tert-OH is 1. The molecule has 37 heavy (non-hydrogen) atoms. The molecule has 1 aromatic carbocycles. The number of likely N-dealkylation sites (tertiary alicyclic amines) is 1. The SMILES string of the molecule is O=C(NC1CCCCC1)C1N(CCCCCCO)C(=O)[C@@H]2[C@H](C(=O)Nc3ccccc3)[C@H]3SC12CC3Br. The van der Waals surface area contributed by atoms with E-state index in [1.54, 1.807) is 16.7 Å². The van der Waals surface area contributed by atoms with E-state index in [2.05, 4.69) is 26.6 Å². The van der Waals surface area contributed by atoms with Gasteiger partial charge in [0.1, 0.15) is 6.04 Å². The Labute approximate surface area is 232 Å². The van der Waals surface area contributed by atoms with Crippen LogP contribution in [0, 0.1) is 11.8 Å². The van der Waals surface area contributed by atoms with Gasteiger partial charge in [0.15, 0.2) is 0 Å². The number of amides is 3. The molecule has 4 aliphatic rings. The summed E-state index contributed by atoms with van der Waals surface area (Å²) in [7, 11) is 0. The molecule has 7 nitrogen and oxygen atoms in total. The van der Waals surface area contributed by atoms with Crippen LogP contribution < -0.4 is 10.6 Å². The molecule has 1 saturated carbocycles. The Kier molecular flexibility index (Phi) is 8.51. The first-order valence-corrected chi connectivity index (χ1v) is 15.7. The van der Waals surface area contributed by atoms with Crippen molar-refractivity contribution in [1.29, 1.82) is 0 Å². The summed E-state index contributed by atoms with van der Waals surface area (Å²) in [6.07, 6.45) is 9.47. The summed E-state index contributed by atoms with van der Waals surface area (Å²) in [5.74, 6) is -1.22. The molecule has 3 heterocycles. The van der Waals surface area contributed by atoms with E-state index in [4.69, 9.17) is 5.11 Å². The Morgan fingerprint density at radius 3 is 2.51 bits per heavy atom. The van der Waals surface area contributed by atoms with E-state index >= 15 is 0 Å². The lowest BCUT2D eigenvalue weighted by Crippen LogP contribution is -2.56. The third-order valence-corrected chi connectivity index (χ3v) is 11.9. The van der Waals surface area contributed by atoms with Gasteiger partial charge in [-0.1, -0.05) is 66.2 Å². The largest absolute Gasteiger partial charge is 0.396 e. The summed E-state index contributed by atoms with van der Waals surface area (Å²) < 4.78 is -0.599. The number of halogens is 1. The van der Waals surface area contributed by atoms with Crippen LogP contribution in [0.15, 0.2) is 30.3 Å². The third-order valence-electron chi connectivity index (χ3n) is 8.64. The number of para-hydroxylation sites is 1. The van der Waals surface area contributed by atoms with Crippen molar-refractivity contribution in [3.63, 3.8) is 0 Å². The molecule has 5 rings (SSSR count). The minimum Gasteiger partial charge on any atom is -0.396 e. The molecule has 3 unspecified atom stereocenters. The number of fused-ring (bicyclic) bond motifs is 1. The highest BCUT2D eigenvalue weighted by molar-refractivity contribution is 9.09. The number of nitrogens with one attached hydrogen (secondary N) is 2. The van der Waals surface area contributed by atoms with Crippen molar-refractivity contribution in [3.8, 4) is 0 Å². The molecule has 0 aromatic heterocycles. The summed E-state index contributed by atoms with van der Waals surface area (Å²) in [5, 5.41) is 15.4. The molecule has 6 atom stereocenters. The fourth-order valence-corrected chi connectivity index (χ4v) is 10.6. The topological polar surface area (TPSA) is 98.7 Å². The lowest BCUT2D eigenvalue weighted by atomic mass is 9.70. The van der Waals surface area contributed by atoms with Gasteiger partial charge in [-0.2, -0.15) is 0 Å². The van der Waals surface area contributed by atoms with Gasteiger partial charge in [0.2, 0.25) is 17.7 Å². The van der Waals surface area contributed by atoms with Gasteiger partial charge >= 0.3 is 0 Å². The lowest BCUT2D eigenvalue weighted by Gasteiger charge is -2.36. The van der Waals surface area contributed by atoms with E-state index < -0.39 is 22.6 Å². The number of hydrogen-bond donors (Lipinski definition) is 3. The molecule has 1 aromatic rings. The minimum absolute atomic E-state index is 0.0462. The molecular weight excluding hydrogens is 554 g/mol. The Morgan fingerprint density at radius 1 is 1.05 bits per heavy atom. The molecule has 1 aliphatic carbocycles. The van der Waals surface area contributed by atoms with Gasteiger partial charge in [0.25, 0.3) is 0 Å². The normalized spacial score (nSPS) is 33.0. The van der Waals surface area contributed by atoms with Gasteiger partial charge in [0.05, 0.1) is 16.6 Å². The minimum atomic E-state index is -0.599. The van der Waals surface area contributed by atoms with Gasteiger partial charge in [-0.25, -0.2) is 0 Å². The monoisotopic (exact) mass is 591 g/mol. The molecule has 202 valence electrons. The Bertz CT molecular complexity index is 991. The van der Waals surface area contributed by atoms with Crippen molar-refractivity contribution in [2.75, 3.05) is 18.5 Å². The first-order valence-electron chi connectivity index (χ1n) is 13.9. The third kappa shape index (κ3) is 5.20. The van der Waals surface area contributed by atoms with E-state index in [0.717, 1.165) is 57.1 Å². The van der Waals surface area contributed by atoms with Crippen molar-refractivity contribution in [1.82, 2.24) is 10.2 Å². The zero-order valence-corrected chi connectivity index (χ0v) is 23.6. The maximum Gasteiger partial charge on any atom is 0.244 e. The number of carbonyl (C=O) groups is 3. The quantitative estimate of drug-likeness (QED) is 0.281. The van der Waals surface area contributed by atoms with Gasteiger partial charge < -0.3 is 20.6 Å². The Balaban J connectivity index is 1.41. The smallest absolute Gasteiger partial charge is 0.244 e. The standard InChI is InChI=1S/C28H38BrN3O4S/c29-20-17-28-22(21(23(20)37-28)25(34)30-18-11-5-3-6-12-18)27(36)32(15-9-1-2-10-16-33)24(28)26(35)31-19-13-7-4-8-14-19/h3,5-6,11-12,19-24,33H,1-2,4,7-10,13-17H2,(H,30,34)(H,31,35)/t20?,21-,22-,23-,24?,28?/m0/s1. The second kappa shape index (κ2) is 11.7. The van der Waals surface area contributed by atoms with Crippen LogP contribution in [0.1, 0.15) is 64.2 Å². The van der Waals surface area contributed by atoms with Crippen molar-refractivity contribution < 1.29 is 19.5 Å². The van der Waals surface area contributed by atoms with Crippen LogP contribution in [0.2, 0.25) is 0 Å². The van der Waals surface area contributed by atoms with Crippen LogP contribution in [0.4, 0.5) is 5.69 Å². The maximum atomic E-state index is 14.1. The number of anilines is 1. The number of carbonyl (C=O) groups excluding carboxylic acids is 3. The first-order chi connectivity index (χ1) is 18.0. The Hall–Kier alpha value is -1.58. The zero-order chi connectivity index (χ0) is 26.0. The first kappa shape index (κ1) is 27.0. The number of unbranched alkanes of at least 4 members (excludes halogenated alkanes) is 3. The molecule has 9 heteroatoms.